The third-order valence-corrected chi connectivity index (χ3v) is 7.61. The van der Waals surface area contributed by atoms with Gasteiger partial charge in [0.1, 0.15) is 0 Å². The van der Waals surface area contributed by atoms with Crippen LogP contribution in [0.4, 0.5) is 0 Å². The number of aromatic amines is 1. The van der Waals surface area contributed by atoms with Gasteiger partial charge in [-0.1, -0.05) is 30.3 Å². The van der Waals surface area contributed by atoms with Crippen LogP contribution in [0.3, 0.4) is 0 Å². The lowest BCUT2D eigenvalue weighted by atomic mass is 9.97. The second-order valence-electron chi connectivity index (χ2n) is 7.78. The highest BCUT2D eigenvalue weighted by Crippen LogP contribution is 2.25. The van der Waals surface area contributed by atoms with Crippen molar-refractivity contribution < 1.29 is 13.2 Å². The molecule has 162 valence electrons. The highest BCUT2D eigenvalue weighted by Gasteiger charge is 2.32. The molecule has 7 nitrogen and oxygen atoms in total. The second-order valence-corrected chi connectivity index (χ2v) is 9.71. The van der Waals surface area contributed by atoms with E-state index in [-0.39, 0.29) is 22.3 Å². The van der Waals surface area contributed by atoms with Crippen LogP contribution in [0.2, 0.25) is 0 Å². The Bertz CT molecular complexity index is 1230. The quantitative estimate of drug-likeness (QED) is 0.616. The van der Waals surface area contributed by atoms with Gasteiger partial charge in [0.2, 0.25) is 21.5 Å². The first-order valence-corrected chi connectivity index (χ1v) is 11.8. The number of benzene rings is 2. The molecule has 1 fully saturated rings. The molecule has 0 spiro atoms. The summed E-state index contributed by atoms with van der Waals surface area (Å²) in [5.41, 5.74) is 1.53. The van der Waals surface area contributed by atoms with E-state index in [1.165, 1.54) is 22.0 Å². The average molecular weight is 440 g/mol. The molecule has 1 aliphatic rings. The van der Waals surface area contributed by atoms with Crippen LogP contribution >= 0.6 is 0 Å². The van der Waals surface area contributed by atoms with Crippen molar-refractivity contribution in [3.05, 3.63) is 76.6 Å². The van der Waals surface area contributed by atoms with Crippen molar-refractivity contribution in [2.45, 2.75) is 24.2 Å². The zero-order valence-electron chi connectivity index (χ0n) is 17.1. The fourth-order valence-electron chi connectivity index (χ4n) is 3.92. The Hall–Kier alpha value is -2.97. The summed E-state index contributed by atoms with van der Waals surface area (Å²) in [6, 6.07) is 17.6. The average Bonchev–Trinajstić information content (AvgIpc) is 2.79. The summed E-state index contributed by atoms with van der Waals surface area (Å²) >= 11 is 0. The van der Waals surface area contributed by atoms with Gasteiger partial charge < -0.3 is 10.3 Å². The summed E-state index contributed by atoms with van der Waals surface area (Å²) in [6.07, 6.45) is 1.77. The predicted octanol–water partition coefficient (Wildman–Crippen LogP) is 2.29. The molecule has 0 radical (unpaired) electrons. The van der Waals surface area contributed by atoms with Crippen LogP contribution in [-0.2, 0) is 21.2 Å². The van der Waals surface area contributed by atoms with Crippen LogP contribution in [0, 0.1) is 5.92 Å². The Morgan fingerprint density at radius 1 is 1.03 bits per heavy atom. The van der Waals surface area contributed by atoms with Crippen molar-refractivity contribution in [3.63, 3.8) is 0 Å². The maximum atomic E-state index is 13.1. The molecule has 0 saturated carbocycles. The van der Waals surface area contributed by atoms with E-state index in [1.54, 1.807) is 18.2 Å². The molecule has 1 aromatic heterocycles. The van der Waals surface area contributed by atoms with E-state index in [9.17, 15) is 18.0 Å². The second kappa shape index (κ2) is 9.03. The van der Waals surface area contributed by atoms with Crippen LogP contribution in [0.5, 0.6) is 0 Å². The lowest BCUT2D eigenvalue weighted by molar-refractivity contribution is -0.126. The van der Waals surface area contributed by atoms with Gasteiger partial charge in [-0.25, -0.2) is 8.42 Å². The summed E-state index contributed by atoms with van der Waals surface area (Å²) in [4.78, 5) is 26.8. The van der Waals surface area contributed by atoms with Crippen LogP contribution in [0.15, 0.2) is 70.4 Å². The first-order valence-electron chi connectivity index (χ1n) is 10.4. The molecule has 31 heavy (non-hydrogen) atoms. The standard InChI is InChI=1S/C23H25N3O4S/c27-22-9-6-19-16-20(7-8-21(19)25-22)31(29,30)26-14-11-18(12-15-26)23(28)24-13-10-17-4-2-1-3-5-17/h1-9,16,18H,10-15H2,(H,24,28)(H,25,27). The molecule has 0 unspecified atom stereocenters. The first kappa shape index (κ1) is 21.3. The molecule has 0 aliphatic carbocycles. The van der Waals surface area contributed by atoms with Gasteiger partial charge in [-0.3, -0.25) is 9.59 Å². The van der Waals surface area contributed by atoms with Gasteiger partial charge in [0.25, 0.3) is 0 Å². The first-order chi connectivity index (χ1) is 14.9. The van der Waals surface area contributed by atoms with E-state index in [4.69, 9.17) is 0 Å². The summed E-state index contributed by atoms with van der Waals surface area (Å²) < 4.78 is 27.6. The Morgan fingerprint density at radius 2 is 1.77 bits per heavy atom. The Kier molecular flexibility index (Phi) is 6.20. The number of H-pyrrole nitrogens is 1. The number of pyridine rings is 1. The molecule has 8 heteroatoms. The third-order valence-electron chi connectivity index (χ3n) is 5.71. The van der Waals surface area contributed by atoms with Crippen molar-refractivity contribution in [1.82, 2.24) is 14.6 Å². The highest BCUT2D eigenvalue weighted by atomic mass is 32.2. The number of fused-ring (bicyclic) bond motifs is 1. The van der Waals surface area contributed by atoms with E-state index < -0.39 is 10.0 Å². The van der Waals surface area contributed by atoms with E-state index >= 15 is 0 Å². The molecule has 0 bridgehead atoms. The van der Waals surface area contributed by atoms with Crippen LogP contribution in [0.1, 0.15) is 18.4 Å². The lowest BCUT2D eigenvalue weighted by Crippen LogP contribution is -2.43. The van der Waals surface area contributed by atoms with Gasteiger partial charge in [-0.05, 0) is 54.5 Å². The minimum atomic E-state index is -3.66. The van der Waals surface area contributed by atoms with Crippen molar-refractivity contribution in [2.24, 2.45) is 5.92 Å². The minimum Gasteiger partial charge on any atom is -0.356 e. The van der Waals surface area contributed by atoms with Crippen molar-refractivity contribution in [1.29, 1.82) is 0 Å². The van der Waals surface area contributed by atoms with Crippen molar-refractivity contribution in [3.8, 4) is 0 Å². The van der Waals surface area contributed by atoms with Gasteiger partial charge in [-0.15, -0.1) is 0 Å². The molecule has 0 atom stereocenters. The normalized spacial score (nSPS) is 15.7. The van der Waals surface area contributed by atoms with Gasteiger partial charge in [0.15, 0.2) is 0 Å². The minimum absolute atomic E-state index is 0.0114. The SMILES string of the molecule is O=C(NCCc1ccccc1)C1CCN(S(=O)(=O)c2ccc3[nH]c(=O)ccc3c2)CC1. The molecular weight excluding hydrogens is 414 g/mol. The molecule has 1 aliphatic heterocycles. The largest absolute Gasteiger partial charge is 0.356 e. The van der Waals surface area contributed by atoms with Crippen molar-refractivity contribution in [2.75, 3.05) is 19.6 Å². The van der Waals surface area contributed by atoms with E-state index in [1.807, 2.05) is 30.3 Å². The summed E-state index contributed by atoms with van der Waals surface area (Å²) in [5, 5.41) is 3.64. The number of hydrogen-bond acceptors (Lipinski definition) is 4. The number of nitrogens with zero attached hydrogens (tertiary/aromatic N) is 1. The number of hydrogen-bond donors (Lipinski definition) is 2. The van der Waals surface area contributed by atoms with E-state index in [0.29, 0.717) is 43.4 Å². The maximum Gasteiger partial charge on any atom is 0.248 e. The molecule has 4 rings (SSSR count). The maximum absolute atomic E-state index is 13.1. The molecule has 2 heterocycles. The number of amides is 1. The number of piperidine rings is 1. The van der Waals surface area contributed by atoms with E-state index in [0.717, 1.165) is 6.42 Å². The zero-order chi connectivity index (χ0) is 21.8. The molecule has 2 aromatic carbocycles. The monoisotopic (exact) mass is 439 g/mol. The van der Waals surface area contributed by atoms with Gasteiger partial charge >= 0.3 is 0 Å². The molecule has 3 aromatic rings. The number of sulfonamides is 1. The molecule has 1 amide bonds. The molecule has 2 N–H and O–H groups in total. The van der Waals surface area contributed by atoms with Crippen LogP contribution in [0.25, 0.3) is 10.9 Å². The van der Waals surface area contributed by atoms with Crippen LogP contribution in [-0.4, -0.2) is 43.2 Å². The fourth-order valence-corrected chi connectivity index (χ4v) is 5.42. The van der Waals surface area contributed by atoms with Crippen molar-refractivity contribution >= 4 is 26.8 Å². The fraction of sp³-hybridized carbons (Fsp3) is 0.304. The number of carbonyl (C=O) groups excluding carboxylic acids is 1. The van der Waals surface area contributed by atoms with Gasteiger partial charge in [0.05, 0.1) is 4.90 Å². The topological polar surface area (TPSA) is 99.3 Å². The highest BCUT2D eigenvalue weighted by molar-refractivity contribution is 7.89. The smallest absolute Gasteiger partial charge is 0.248 e. The number of carbonyl (C=O) groups is 1. The number of nitrogens with one attached hydrogen (secondary N) is 2. The summed E-state index contributed by atoms with van der Waals surface area (Å²) in [5.74, 6) is -0.188. The summed E-state index contributed by atoms with van der Waals surface area (Å²) in [7, 11) is -3.66. The number of aromatic nitrogens is 1. The third kappa shape index (κ3) is 4.86. The Labute approximate surface area is 181 Å². The van der Waals surface area contributed by atoms with E-state index in [2.05, 4.69) is 10.3 Å². The Morgan fingerprint density at radius 3 is 2.52 bits per heavy atom. The molecule has 1 saturated heterocycles. The Balaban J connectivity index is 1.34. The number of rotatable bonds is 6. The van der Waals surface area contributed by atoms with Gasteiger partial charge in [0, 0.05) is 37.1 Å². The molecular formula is C23H25N3O4S. The predicted molar refractivity (Wildman–Crippen MR) is 119 cm³/mol. The van der Waals surface area contributed by atoms with Crippen LogP contribution < -0.4 is 10.9 Å². The zero-order valence-corrected chi connectivity index (χ0v) is 17.9. The lowest BCUT2D eigenvalue weighted by Gasteiger charge is -2.30. The summed E-state index contributed by atoms with van der Waals surface area (Å²) in [6.45, 7) is 1.19. The van der Waals surface area contributed by atoms with Gasteiger partial charge in [-0.2, -0.15) is 4.31 Å².